The van der Waals surface area contributed by atoms with Gasteiger partial charge in [-0.3, -0.25) is 14.6 Å². The summed E-state index contributed by atoms with van der Waals surface area (Å²) < 4.78 is 8.39. The number of carbonyl (C=O) groups excluding carboxylic acids is 2. The van der Waals surface area contributed by atoms with E-state index in [4.69, 9.17) is 4.74 Å². The van der Waals surface area contributed by atoms with Crippen molar-refractivity contribution in [3.8, 4) is 0 Å². The van der Waals surface area contributed by atoms with Crippen LogP contribution in [0.2, 0.25) is 0 Å². The predicted octanol–water partition coefficient (Wildman–Crippen LogP) is 1.58. The Balaban J connectivity index is 1.49. The number of rotatable bonds is 4. The van der Waals surface area contributed by atoms with Gasteiger partial charge in [-0.2, -0.15) is 0 Å². The number of ether oxygens (including phenoxy) is 1. The zero-order chi connectivity index (χ0) is 20.4. The minimum absolute atomic E-state index is 0.0779. The third-order valence-electron chi connectivity index (χ3n) is 5.57. The van der Waals surface area contributed by atoms with E-state index in [1.165, 1.54) is 0 Å². The van der Waals surface area contributed by atoms with Crippen molar-refractivity contribution >= 4 is 11.8 Å². The van der Waals surface area contributed by atoms with Gasteiger partial charge >= 0.3 is 0 Å². The molecule has 29 heavy (non-hydrogen) atoms. The Hall–Kier alpha value is -2.74. The normalized spacial score (nSPS) is 20.5. The van der Waals surface area contributed by atoms with Crippen molar-refractivity contribution in [2.24, 2.45) is 5.92 Å². The van der Waals surface area contributed by atoms with Gasteiger partial charge in [0.25, 0.3) is 11.8 Å². The molecule has 2 aromatic heterocycles. The van der Waals surface area contributed by atoms with Crippen LogP contribution < -0.4 is 5.32 Å². The molecule has 2 aromatic rings. The summed E-state index contributed by atoms with van der Waals surface area (Å²) in [6.45, 7) is 6.26. The minimum atomic E-state index is -0.650. The van der Waals surface area contributed by atoms with Gasteiger partial charge in [-0.1, -0.05) is 19.9 Å². The Kier molecular flexibility index (Phi) is 5.36. The topological polar surface area (TPSA) is 89.4 Å². The molecular formula is C21H27N5O3. The van der Waals surface area contributed by atoms with Crippen LogP contribution >= 0.6 is 0 Å². The molecule has 2 amide bonds. The highest BCUT2D eigenvalue weighted by atomic mass is 16.5. The average molecular weight is 397 g/mol. The number of hydrogen-bond acceptors (Lipinski definition) is 5. The van der Waals surface area contributed by atoms with Crippen LogP contribution in [0.25, 0.3) is 0 Å². The second kappa shape index (κ2) is 7.94. The summed E-state index contributed by atoms with van der Waals surface area (Å²) in [5.74, 6) is 1.05. The summed E-state index contributed by atoms with van der Waals surface area (Å²) in [5, 5.41) is 2.97. The minimum Gasteiger partial charge on any atom is -0.354 e. The summed E-state index contributed by atoms with van der Waals surface area (Å²) in [6.07, 6.45) is 5.90. The fraction of sp³-hybridized carbons (Fsp3) is 0.524. The monoisotopic (exact) mass is 397 g/mol. The molecule has 4 heterocycles. The zero-order valence-electron chi connectivity index (χ0n) is 16.9. The van der Waals surface area contributed by atoms with E-state index >= 15 is 0 Å². The fourth-order valence-electron chi connectivity index (χ4n) is 4.02. The lowest BCUT2D eigenvalue weighted by Gasteiger charge is -2.45. The number of imidazole rings is 1. The summed E-state index contributed by atoms with van der Waals surface area (Å²) in [5.41, 5.74) is -0.205. The number of aromatic nitrogens is 3. The maximum atomic E-state index is 12.7. The average Bonchev–Trinajstić information content (AvgIpc) is 3.22. The van der Waals surface area contributed by atoms with Crippen LogP contribution in [0.4, 0.5) is 0 Å². The quantitative estimate of drug-likeness (QED) is 0.846. The Morgan fingerprint density at radius 1 is 1.24 bits per heavy atom. The van der Waals surface area contributed by atoms with Gasteiger partial charge in [0, 0.05) is 51.1 Å². The van der Waals surface area contributed by atoms with E-state index in [2.05, 4.69) is 29.1 Å². The number of amides is 2. The maximum absolute atomic E-state index is 12.7. The second-order valence-electron chi connectivity index (χ2n) is 8.15. The highest BCUT2D eigenvalue weighted by molar-refractivity contribution is 5.92. The molecule has 2 aliphatic rings. The van der Waals surface area contributed by atoms with Crippen molar-refractivity contribution in [3.63, 3.8) is 0 Å². The van der Waals surface area contributed by atoms with E-state index in [0.29, 0.717) is 50.6 Å². The molecule has 0 aliphatic carbocycles. The first-order valence-corrected chi connectivity index (χ1v) is 10.2. The summed E-state index contributed by atoms with van der Waals surface area (Å²) in [4.78, 5) is 35.9. The van der Waals surface area contributed by atoms with E-state index in [1.807, 2.05) is 16.8 Å². The molecule has 4 rings (SSSR count). The van der Waals surface area contributed by atoms with Crippen molar-refractivity contribution in [1.29, 1.82) is 0 Å². The van der Waals surface area contributed by atoms with Crippen molar-refractivity contribution in [2.45, 2.75) is 44.9 Å². The number of piperidine rings is 1. The Morgan fingerprint density at radius 2 is 2.03 bits per heavy atom. The van der Waals surface area contributed by atoms with Crippen molar-refractivity contribution in [3.05, 3.63) is 48.3 Å². The number of nitrogens with zero attached hydrogens (tertiary/aromatic N) is 4. The molecule has 1 N–H and O–H groups in total. The third kappa shape index (κ3) is 3.89. The molecule has 8 heteroatoms. The van der Waals surface area contributed by atoms with Gasteiger partial charge < -0.3 is 19.5 Å². The Morgan fingerprint density at radius 3 is 2.72 bits per heavy atom. The van der Waals surface area contributed by atoms with Gasteiger partial charge in [0.05, 0.1) is 6.54 Å². The highest BCUT2D eigenvalue weighted by Crippen LogP contribution is 2.40. The molecule has 0 saturated carbocycles. The molecule has 8 nitrogen and oxygen atoms in total. The lowest BCUT2D eigenvalue weighted by atomic mass is 9.88. The number of hydrogen-bond donors (Lipinski definition) is 1. The van der Waals surface area contributed by atoms with E-state index in [1.54, 1.807) is 29.4 Å². The molecular weight excluding hydrogens is 370 g/mol. The number of carbonyl (C=O) groups is 2. The SMILES string of the molecule is CC(C)CNC(=O)C1Cn2ccnc2C2(CCN(C(=O)c3ccccn3)CC2)O1. The van der Waals surface area contributed by atoms with E-state index in [-0.39, 0.29) is 11.8 Å². The molecule has 1 unspecified atom stereocenters. The predicted molar refractivity (Wildman–Crippen MR) is 106 cm³/mol. The maximum Gasteiger partial charge on any atom is 0.272 e. The molecule has 1 spiro atoms. The molecule has 1 fully saturated rings. The van der Waals surface area contributed by atoms with Gasteiger partial charge in [0.15, 0.2) is 6.10 Å². The van der Waals surface area contributed by atoms with Crippen LogP contribution in [0.3, 0.4) is 0 Å². The lowest BCUT2D eigenvalue weighted by Crippen LogP contribution is -2.55. The second-order valence-corrected chi connectivity index (χ2v) is 8.15. The molecule has 0 bridgehead atoms. The number of likely N-dealkylation sites (tertiary alicyclic amines) is 1. The highest BCUT2D eigenvalue weighted by Gasteiger charge is 2.47. The van der Waals surface area contributed by atoms with Crippen LogP contribution in [0.5, 0.6) is 0 Å². The van der Waals surface area contributed by atoms with Crippen LogP contribution in [-0.2, 0) is 21.7 Å². The Bertz CT molecular complexity index is 871. The van der Waals surface area contributed by atoms with Gasteiger partial charge in [0.1, 0.15) is 17.1 Å². The van der Waals surface area contributed by atoms with Gasteiger partial charge in [-0.25, -0.2) is 4.98 Å². The van der Waals surface area contributed by atoms with E-state index < -0.39 is 11.7 Å². The molecule has 1 saturated heterocycles. The van der Waals surface area contributed by atoms with Gasteiger partial charge in [0.2, 0.25) is 0 Å². The first-order chi connectivity index (χ1) is 14.0. The molecule has 0 radical (unpaired) electrons. The van der Waals surface area contributed by atoms with E-state index in [0.717, 1.165) is 5.82 Å². The summed E-state index contributed by atoms with van der Waals surface area (Å²) in [7, 11) is 0. The van der Waals surface area contributed by atoms with Crippen LogP contribution in [0.15, 0.2) is 36.8 Å². The number of pyridine rings is 1. The van der Waals surface area contributed by atoms with Gasteiger partial charge in [-0.15, -0.1) is 0 Å². The largest absolute Gasteiger partial charge is 0.354 e. The zero-order valence-corrected chi connectivity index (χ0v) is 16.9. The molecule has 2 aliphatic heterocycles. The van der Waals surface area contributed by atoms with E-state index in [9.17, 15) is 9.59 Å². The number of nitrogens with one attached hydrogen (secondary N) is 1. The standard InChI is InChI=1S/C21H27N5O3/c1-15(2)13-24-18(27)17-14-26-12-9-23-20(26)21(29-17)6-10-25(11-7-21)19(28)16-5-3-4-8-22-16/h3-5,8-9,12,15,17H,6-7,10-11,13-14H2,1-2H3,(H,24,27). The lowest BCUT2D eigenvalue weighted by molar-refractivity contribution is -0.172. The van der Waals surface area contributed by atoms with Crippen molar-refractivity contribution in [2.75, 3.05) is 19.6 Å². The number of fused-ring (bicyclic) bond motifs is 2. The summed E-state index contributed by atoms with van der Waals surface area (Å²) in [6, 6.07) is 5.33. The first kappa shape index (κ1) is 19.6. The van der Waals surface area contributed by atoms with Crippen LogP contribution in [-0.4, -0.2) is 57.0 Å². The molecule has 0 aromatic carbocycles. The Labute approximate surface area is 170 Å². The fourth-order valence-corrected chi connectivity index (χ4v) is 4.02. The van der Waals surface area contributed by atoms with Gasteiger partial charge in [-0.05, 0) is 18.1 Å². The molecule has 154 valence electrons. The first-order valence-electron chi connectivity index (χ1n) is 10.2. The van der Waals surface area contributed by atoms with Crippen LogP contribution in [0.1, 0.15) is 43.0 Å². The smallest absolute Gasteiger partial charge is 0.272 e. The third-order valence-corrected chi connectivity index (χ3v) is 5.57. The molecule has 1 atom stereocenters. The van der Waals surface area contributed by atoms with Crippen molar-refractivity contribution in [1.82, 2.24) is 24.8 Å². The van der Waals surface area contributed by atoms with Crippen molar-refractivity contribution < 1.29 is 14.3 Å². The summed E-state index contributed by atoms with van der Waals surface area (Å²) >= 11 is 0. The van der Waals surface area contributed by atoms with Crippen LogP contribution in [0, 0.1) is 5.92 Å².